The van der Waals surface area contributed by atoms with E-state index in [2.05, 4.69) is 0 Å². The molecule has 1 aliphatic heterocycles. The number of rotatable bonds is 2. The van der Waals surface area contributed by atoms with E-state index in [1.165, 1.54) is 0 Å². The summed E-state index contributed by atoms with van der Waals surface area (Å²) in [5.74, 6) is 0. The summed E-state index contributed by atoms with van der Waals surface area (Å²) in [7, 11) is 0. The third-order valence-electron chi connectivity index (χ3n) is 2.97. The van der Waals surface area contributed by atoms with Gasteiger partial charge in [0, 0.05) is 6.54 Å². The molecule has 1 heterocycles. The van der Waals surface area contributed by atoms with Crippen molar-refractivity contribution in [3.05, 3.63) is 0 Å². The van der Waals surface area contributed by atoms with Crippen LogP contribution in [0.25, 0.3) is 0 Å². The Bertz CT molecular complexity index is 207. The van der Waals surface area contributed by atoms with E-state index in [0.717, 1.165) is 13.0 Å². The third kappa shape index (κ3) is 3.08. The van der Waals surface area contributed by atoms with Crippen LogP contribution in [0, 0.1) is 0 Å². The van der Waals surface area contributed by atoms with Gasteiger partial charge < -0.3 is 10.0 Å². The highest BCUT2D eigenvalue weighted by molar-refractivity contribution is 4.89. The molecule has 1 saturated heterocycles. The fourth-order valence-electron chi connectivity index (χ4n) is 2.00. The maximum Gasteiger partial charge on any atom is 0.417 e. The van der Waals surface area contributed by atoms with Crippen LogP contribution in [0.15, 0.2) is 0 Å². The van der Waals surface area contributed by atoms with E-state index in [4.69, 9.17) is 0 Å². The third-order valence-corrected chi connectivity index (χ3v) is 2.97. The van der Waals surface area contributed by atoms with Gasteiger partial charge in [0.15, 0.2) is 5.60 Å². The molecule has 1 aliphatic rings. The van der Waals surface area contributed by atoms with E-state index in [9.17, 15) is 18.3 Å². The van der Waals surface area contributed by atoms with Gasteiger partial charge in [-0.05, 0) is 38.8 Å². The topological polar surface area (TPSA) is 23.5 Å². The Labute approximate surface area is 88.1 Å². The number of aliphatic hydroxyl groups is 1. The van der Waals surface area contributed by atoms with Crippen LogP contribution in [-0.4, -0.2) is 41.4 Å². The first kappa shape index (κ1) is 12.8. The van der Waals surface area contributed by atoms with Crippen molar-refractivity contribution >= 4 is 0 Å². The number of nitrogens with zero attached hydrogens (tertiary/aromatic N) is 1. The smallest absolute Gasteiger partial charge is 0.380 e. The van der Waals surface area contributed by atoms with Crippen molar-refractivity contribution in [3.63, 3.8) is 0 Å². The lowest BCUT2D eigenvalue weighted by Gasteiger charge is -2.29. The SMILES string of the molecule is CCCN1CCCC(O)(C(F)(F)F)CC1. The van der Waals surface area contributed by atoms with Crippen molar-refractivity contribution in [1.82, 2.24) is 4.90 Å². The molecule has 0 radical (unpaired) electrons. The molecule has 15 heavy (non-hydrogen) atoms. The normalized spacial score (nSPS) is 30.2. The lowest BCUT2D eigenvalue weighted by Crippen LogP contribution is -2.45. The predicted octanol–water partition coefficient (Wildman–Crippen LogP) is 2.18. The van der Waals surface area contributed by atoms with Gasteiger partial charge in [0.1, 0.15) is 0 Å². The predicted molar refractivity (Wildman–Crippen MR) is 51.6 cm³/mol. The summed E-state index contributed by atoms with van der Waals surface area (Å²) in [4.78, 5) is 1.99. The monoisotopic (exact) mass is 225 g/mol. The van der Waals surface area contributed by atoms with Gasteiger partial charge in [-0.3, -0.25) is 0 Å². The molecule has 0 bridgehead atoms. The molecule has 0 saturated carbocycles. The molecule has 0 amide bonds. The van der Waals surface area contributed by atoms with E-state index in [1.807, 2.05) is 11.8 Å². The van der Waals surface area contributed by atoms with Gasteiger partial charge in [-0.15, -0.1) is 0 Å². The molecule has 5 heteroatoms. The summed E-state index contributed by atoms with van der Waals surface area (Å²) in [6.45, 7) is 3.81. The number of halogens is 3. The van der Waals surface area contributed by atoms with Crippen molar-refractivity contribution in [2.75, 3.05) is 19.6 Å². The van der Waals surface area contributed by atoms with Gasteiger partial charge in [-0.1, -0.05) is 6.92 Å². The van der Waals surface area contributed by atoms with Gasteiger partial charge in [0.25, 0.3) is 0 Å². The van der Waals surface area contributed by atoms with Crippen molar-refractivity contribution in [3.8, 4) is 0 Å². The quantitative estimate of drug-likeness (QED) is 0.778. The largest absolute Gasteiger partial charge is 0.417 e. The Balaban J connectivity index is 2.59. The number of alkyl halides is 3. The Hall–Kier alpha value is -0.290. The summed E-state index contributed by atoms with van der Waals surface area (Å²) in [5.41, 5.74) is -2.46. The molecule has 1 atom stereocenters. The minimum absolute atomic E-state index is 0.170. The average Bonchev–Trinajstić information content (AvgIpc) is 2.29. The van der Waals surface area contributed by atoms with Crippen LogP contribution < -0.4 is 0 Å². The maximum atomic E-state index is 12.6. The molecule has 0 aromatic rings. The van der Waals surface area contributed by atoms with E-state index >= 15 is 0 Å². The zero-order valence-corrected chi connectivity index (χ0v) is 8.98. The summed E-state index contributed by atoms with van der Waals surface area (Å²) in [6.07, 6.45) is -3.51. The van der Waals surface area contributed by atoms with Crippen LogP contribution in [0.3, 0.4) is 0 Å². The molecule has 1 N–H and O–H groups in total. The Morgan fingerprint density at radius 2 is 1.93 bits per heavy atom. The van der Waals surface area contributed by atoms with E-state index < -0.39 is 11.8 Å². The van der Waals surface area contributed by atoms with E-state index in [0.29, 0.717) is 19.5 Å². The molecule has 1 unspecified atom stereocenters. The van der Waals surface area contributed by atoms with Crippen LogP contribution >= 0.6 is 0 Å². The summed E-state index contributed by atoms with van der Waals surface area (Å²) >= 11 is 0. The Kier molecular flexibility index (Phi) is 4.00. The molecular weight excluding hydrogens is 207 g/mol. The number of hydrogen-bond donors (Lipinski definition) is 1. The molecule has 0 aromatic carbocycles. The number of likely N-dealkylation sites (tertiary alicyclic amines) is 1. The average molecular weight is 225 g/mol. The second-order valence-electron chi connectivity index (χ2n) is 4.22. The summed E-state index contributed by atoms with van der Waals surface area (Å²) in [5, 5.41) is 9.52. The van der Waals surface area contributed by atoms with Gasteiger partial charge in [-0.2, -0.15) is 13.2 Å². The second-order valence-corrected chi connectivity index (χ2v) is 4.22. The first-order valence-electron chi connectivity index (χ1n) is 5.40. The highest BCUT2D eigenvalue weighted by atomic mass is 19.4. The van der Waals surface area contributed by atoms with Crippen molar-refractivity contribution < 1.29 is 18.3 Å². The molecule has 0 aliphatic carbocycles. The highest BCUT2D eigenvalue weighted by Gasteiger charge is 2.53. The molecular formula is C10H18F3NO. The molecule has 1 fully saturated rings. The van der Waals surface area contributed by atoms with E-state index in [1.54, 1.807) is 0 Å². The van der Waals surface area contributed by atoms with Crippen molar-refractivity contribution in [1.29, 1.82) is 0 Å². The van der Waals surface area contributed by atoms with Crippen molar-refractivity contribution in [2.24, 2.45) is 0 Å². The van der Waals surface area contributed by atoms with Crippen LogP contribution in [0.1, 0.15) is 32.6 Å². The van der Waals surface area contributed by atoms with Crippen LogP contribution in [-0.2, 0) is 0 Å². The molecule has 90 valence electrons. The highest BCUT2D eigenvalue weighted by Crippen LogP contribution is 2.38. The first-order valence-corrected chi connectivity index (χ1v) is 5.40. The zero-order valence-electron chi connectivity index (χ0n) is 8.98. The second kappa shape index (κ2) is 4.70. The minimum atomic E-state index is -4.49. The molecule has 0 spiro atoms. The Morgan fingerprint density at radius 3 is 2.47 bits per heavy atom. The first-order chi connectivity index (χ1) is 6.89. The molecule has 2 nitrogen and oxygen atoms in total. The van der Waals surface area contributed by atoms with Crippen molar-refractivity contribution in [2.45, 2.75) is 44.4 Å². The van der Waals surface area contributed by atoms with Crippen LogP contribution in [0.4, 0.5) is 13.2 Å². The summed E-state index contributed by atoms with van der Waals surface area (Å²) < 4.78 is 37.7. The fourth-order valence-corrected chi connectivity index (χ4v) is 2.00. The molecule has 1 rings (SSSR count). The van der Waals surface area contributed by atoms with Gasteiger partial charge in [0.05, 0.1) is 0 Å². The standard InChI is InChI=1S/C10H18F3NO/c1-2-6-14-7-3-4-9(15,5-8-14)10(11,12)13/h15H,2-8H2,1H3. The van der Waals surface area contributed by atoms with Crippen LogP contribution in [0.2, 0.25) is 0 Å². The number of hydrogen-bond acceptors (Lipinski definition) is 2. The van der Waals surface area contributed by atoms with Gasteiger partial charge in [-0.25, -0.2) is 0 Å². The van der Waals surface area contributed by atoms with Gasteiger partial charge >= 0.3 is 6.18 Å². The Morgan fingerprint density at radius 1 is 1.27 bits per heavy atom. The van der Waals surface area contributed by atoms with Gasteiger partial charge in [0.2, 0.25) is 0 Å². The van der Waals surface area contributed by atoms with Crippen LogP contribution in [0.5, 0.6) is 0 Å². The fraction of sp³-hybridized carbons (Fsp3) is 1.00. The summed E-state index contributed by atoms with van der Waals surface area (Å²) in [6, 6.07) is 0. The molecule has 0 aromatic heterocycles. The van der Waals surface area contributed by atoms with E-state index in [-0.39, 0.29) is 12.8 Å². The lowest BCUT2D eigenvalue weighted by molar-refractivity contribution is -0.263. The lowest BCUT2D eigenvalue weighted by atomic mass is 9.94. The maximum absolute atomic E-state index is 12.6. The minimum Gasteiger partial charge on any atom is -0.380 e. The zero-order chi connectivity index (χ0) is 11.5.